The van der Waals surface area contributed by atoms with Gasteiger partial charge in [-0.05, 0) is 23.3 Å². The van der Waals surface area contributed by atoms with Crippen molar-refractivity contribution in [3.63, 3.8) is 0 Å². The summed E-state index contributed by atoms with van der Waals surface area (Å²) in [6, 6.07) is 5.61. The number of hydrogen-bond donors (Lipinski definition) is 2. The van der Waals surface area contributed by atoms with Crippen molar-refractivity contribution in [2.24, 2.45) is 0 Å². The standard InChI is InChI=1S/C14H18N2O3/c17-8-13-9-19-4-3-16(13)14(18)10-1-2-11-6-15-7-12(11)5-10/h1-2,5,13,15,17H,3-4,6-9H2. The number of aliphatic hydroxyl groups excluding tert-OH is 1. The van der Waals surface area contributed by atoms with Crippen molar-refractivity contribution < 1.29 is 14.6 Å². The van der Waals surface area contributed by atoms with E-state index >= 15 is 0 Å². The second-order valence-corrected chi connectivity index (χ2v) is 5.00. The van der Waals surface area contributed by atoms with Gasteiger partial charge in [-0.1, -0.05) is 6.07 Å². The van der Waals surface area contributed by atoms with Crippen LogP contribution >= 0.6 is 0 Å². The van der Waals surface area contributed by atoms with E-state index in [1.807, 2.05) is 18.2 Å². The van der Waals surface area contributed by atoms with Crippen LogP contribution in [-0.4, -0.2) is 48.3 Å². The van der Waals surface area contributed by atoms with Crippen LogP contribution in [0.2, 0.25) is 0 Å². The number of rotatable bonds is 2. The molecule has 1 saturated heterocycles. The lowest BCUT2D eigenvalue weighted by Gasteiger charge is -2.34. The Kier molecular flexibility index (Phi) is 3.50. The van der Waals surface area contributed by atoms with Crippen LogP contribution in [0.1, 0.15) is 21.5 Å². The Morgan fingerprint density at radius 2 is 2.26 bits per heavy atom. The Balaban J connectivity index is 1.82. The first-order valence-electron chi connectivity index (χ1n) is 6.61. The predicted molar refractivity (Wildman–Crippen MR) is 69.7 cm³/mol. The van der Waals surface area contributed by atoms with Crippen molar-refractivity contribution >= 4 is 5.91 Å². The third kappa shape index (κ3) is 2.36. The second kappa shape index (κ2) is 5.28. The van der Waals surface area contributed by atoms with E-state index in [-0.39, 0.29) is 18.6 Å². The highest BCUT2D eigenvalue weighted by Crippen LogP contribution is 2.19. The molecular formula is C14H18N2O3. The van der Waals surface area contributed by atoms with Crippen LogP contribution in [0, 0.1) is 0 Å². The molecule has 1 amide bonds. The predicted octanol–water partition coefficient (Wildman–Crippen LogP) is 0.123. The normalized spacial score (nSPS) is 22.4. The number of amides is 1. The van der Waals surface area contributed by atoms with Crippen LogP contribution in [0.15, 0.2) is 18.2 Å². The van der Waals surface area contributed by atoms with Gasteiger partial charge in [0.1, 0.15) is 0 Å². The summed E-state index contributed by atoms with van der Waals surface area (Å²) in [5, 5.41) is 12.6. The fourth-order valence-electron chi connectivity index (χ4n) is 2.67. The molecule has 0 saturated carbocycles. The van der Waals surface area contributed by atoms with Crippen LogP contribution < -0.4 is 5.32 Å². The average molecular weight is 262 g/mol. The number of nitrogens with zero attached hydrogens (tertiary/aromatic N) is 1. The number of fused-ring (bicyclic) bond motifs is 1. The molecule has 102 valence electrons. The van der Waals surface area contributed by atoms with E-state index in [0.717, 1.165) is 13.1 Å². The molecular weight excluding hydrogens is 244 g/mol. The number of carbonyl (C=O) groups excluding carboxylic acids is 1. The molecule has 0 bridgehead atoms. The number of benzene rings is 1. The average Bonchev–Trinajstić information content (AvgIpc) is 2.93. The van der Waals surface area contributed by atoms with Gasteiger partial charge in [0.2, 0.25) is 0 Å². The van der Waals surface area contributed by atoms with Crippen molar-refractivity contribution in [2.45, 2.75) is 19.1 Å². The molecule has 1 unspecified atom stereocenters. The molecule has 2 aliphatic rings. The van der Waals surface area contributed by atoms with Crippen molar-refractivity contribution in [2.75, 3.05) is 26.4 Å². The van der Waals surface area contributed by atoms with E-state index in [9.17, 15) is 9.90 Å². The fraction of sp³-hybridized carbons (Fsp3) is 0.500. The van der Waals surface area contributed by atoms with Crippen molar-refractivity contribution in [1.29, 1.82) is 0 Å². The topological polar surface area (TPSA) is 61.8 Å². The maximum atomic E-state index is 12.5. The van der Waals surface area contributed by atoms with Crippen LogP contribution in [-0.2, 0) is 17.8 Å². The zero-order chi connectivity index (χ0) is 13.2. The summed E-state index contributed by atoms with van der Waals surface area (Å²) in [5.41, 5.74) is 3.15. The minimum atomic E-state index is -0.229. The van der Waals surface area contributed by atoms with E-state index in [1.165, 1.54) is 11.1 Å². The van der Waals surface area contributed by atoms with Gasteiger partial charge in [0, 0.05) is 25.2 Å². The molecule has 2 aliphatic heterocycles. The van der Waals surface area contributed by atoms with Gasteiger partial charge in [-0.2, -0.15) is 0 Å². The lowest BCUT2D eigenvalue weighted by atomic mass is 10.0. The first kappa shape index (κ1) is 12.6. The highest BCUT2D eigenvalue weighted by atomic mass is 16.5. The molecule has 2 N–H and O–H groups in total. The van der Waals surface area contributed by atoms with Crippen LogP contribution in [0.5, 0.6) is 0 Å². The zero-order valence-corrected chi connectivity index (χ0v) is 10.8. The second-order valence-electron chi connectivity index (χ2n) is 5.00. The van der Waals surface area contributed by atoms with Crippen LogP contribution in [0.25, 0.3) is 0 Å². The van der Waals surface area contributed by atoms with Gasteiger partial charge in [-0.3, -0.25) is 4.79 Å². The number of nitrogens with one attached hydrogen (secondary N) is 1. The van der Waals surface area contributed by atoms with Gasteiger partial charge in [-0.15, -0.1) is 0 Å². The molecule has 0 aromatic heterocycles. The molecule has 19 heavy (non-hydrogen) atoms. The molecule has 1 atom stereocenters. The number of hydrogen-bond acceptors (Lipinski definition) is 4. The SMILES string of the molecule is O=C(c1ccc2c(c1)CNC2)N1CCOCC1CO. The summed E-state index contributed by atoms with van der Waals surface area (Å²) in [6.45, 7) is 3.13. The first-order chi connectivity index (χ1) is 9.29. The van der Waals surface area contributed by atoms with Crippen molar-refractivity contribution in [3.8, 4) is 0 Å². The highest BCUT2D eigenvalue weighted by molar-refractivity contribution is 5.94. The summed E-state index contributed by atoms with van der Waals surface area (Å²) in [6.07, 6.45) is 0. The van der Waals surface area contributed by atoms with E-state index in [2.05, 4.69) is 5.32 Å². The summed E-state index contributed by atoms with van der Waals surface area (Å²) < 4.78 is 5.30. The van der Waals surface area contributed by atoms with Crippen LogP contribution in [0.4, 0.5) is 0 Å². The van der Waals surface area contributed by atoms with Gasteiger partial charge < -0.3 is 20.1 Å². The molecule has 5 heteroatoms. The molecule has 0 radical (unpaired) electrons. The van der Waals surface area contributed by atoms with Gasteiger partial charge in [-0.25, -0.2) is 0 Å². The van der Waals surface area contributed by atoms with Gasteiger partial charge >= 0.3 is 0 Å². The maximum Gasteiger partial charge on any atom is 0.254 e. The third-order valence-corrected chi connectivity index (χ3v) is 3.78. The Hall–Kier alpha value is -1.43. The van der Waals surface area contributed by atoms with Crippen molar-refractivity contribution in [1.82, 2.24) is 10.2 Å². The number of ether oxygens (including phenoxy) is 1. The lowest BCUT2D eigenvalue weighted by Crippen LogP contribution is -2.50. The molecule has 2 heterocycles. The molecule has 0 spiro atoms. The molecule has 1 fully saturated rings. The summed E-state index contributed by atoms with van der Waals surface area (Å²) in [7, 11) is 0. The Labute approximate surface area is 112 Å². The summed E-state index contributed by atoms with van der Waals surface area (Å²) in [4.78, 5) is 14.2. The van der Waals surface area contributed by atoms with Gasteiger partial charge in [0.15, 0.2) is 0 Å². The largest absolute Gasteiger partial charge is 0.394 e. The van der Waals surface area contributed by atoms with Gasteiger partial charge in [0.25, 0.3) is 5.91 Å². The lowest BCUT2D eigenvalue weighted by molar-refractivity contribution is -0.0183. The molecule has 0 aliphatic carbocycles. The zero-order valence-electron chi connectivity index (χ0n) is 10.8. The first-order valence-corrected chi connectivity index (χ1v) is 6.61. The fourth-order valence-corrected chi connectivity index (χ4v) is 2.67. The number of morpholine rings is 1. The Morgan fingerprint density at radius 1 is 1.42 bits per heavy atom. The van der Waals surface area contributed by atoms with E-state index < -0.39 is 0 Å². The quantitative estimate of drug-likeness (QED) is 0.795. The molecule has 3 rings (SSSR count). The number of carbonyl (C=O) groups is 1. The smallest absolute Gasteiger partial charge is 0.254 e. The summed E-state index contributed by atoms with van der Waals surface area (Å²) >= 11 is 0. The van der Waals surface area contributed by atoms with E-state index in [1.54, 1.807) is 4.90 Å². The Bertz CT molecular complexity index is 490. The highest BCUT2D eigenvalue weighted by Gasteiger charge is 2.28. The molecule has 5 nitrogen and oxygen atoms in total. The maximum absolute atomic E-state index is 12.5. The number of aliphatic hydroxyl groups is 1. The van der Waals surface area contributed by atoms with E-state index in [4.69, 9.17) is 4.74 Å². The monoisotopic (exact) mass is 262 g/mol. The van der Waals surface area contributed by atoms with Crippen molar-refractivity contribution in [3.05, 3.63) is 34.9 Å². The minimum absolute atomic E-state index is 0.0166. The van der Waals surface area contributed by atoms with Crippen LogP contribution in [0.3, 0.4) is 0 Å². The van der Waals surface area contributed by atoms with E-state index in [0.29, 0.717) is 25.3 Å². The van der Waals surface area contributed by atoms with Gasteiger partial charge in [0.05, 0.1) is 25.9 Å². The molecule has 1 aromatic rings. The summed E-state index contributed by atoms with van der Waals surface area (Å²) in [5.74, 6) is -0.0166. The Morgan fingerprint density at radius 3 is 3.11 bits per heavy atom. The molecule has 1 aromatic carbocycles. The minimum Gasteiger partial charge on any atom is -0.394 e. The third-order valence-electron chi connectivity index (χ3n) is 3.78.